The smallest absolute Gasteiger partial charge is 0.00682 e. The normalized spacial score (nSPS) is 33.2. The molecule has 2 saturated carbocycles. The van der Waals surface area contributed by atoms with Gasteiger partial charge >= 0.3 is 0 Å². The quantitative estimate of drug-likeness (QED) is 0.709. The van der Waals surface area contributed by atoms with E-state index in [0.29, 0.717) is 0 Å². The number of rotatable bonds is 5. The van der Waals surface area contributed by atoms with E-state index in [9.17, 15) is 0 Å². The van der Waals surface area contributed by atoms with Crippen molar-refractivity contribution in [3.63, 3.8) is 0 Å². The topological polar surface area (TPSA) is 12.0 Å². The summed E-state index contributed by atoms with van der Waals surface area (Å²) in [4.78, 5) is 0. The maximum Gasteiger partial charge on any atom is 0.00682 e. The molecule has 14 heavy (non-hydrogen) atoms. The molecule has 0 radical (unpaired) electrons. The van der Waals surface area contributed by atoms with Crippen LogP contribution >= 0.6 is 0 Å². The molecule has 2 aliphatic carbocycles. The molecule has 0 amide bonds. The monoisotopic (exact) mass is 195 g/mol. The Hall–Kier alpha value is -0.0400. The van der Waals surface area contributed by atoms with E-state index in [0.717, 1.165) is 17.9 Å². The first-order valence-corrected chi connectivity index (χ1v) is 6.62. The fourth-order valence-electron chi connectivity index (χ4n) is 2.71. The van der Waals surface area contributed by atoms with Crippen LogP contribution in [0.3, 0.4) is 0 Å². The highest BCUT2D eigenvalue weighted by molar-refractivity contribution is 4.81. The summed E-state index contributed by atoms with van der Waals surface area (Å²) in [6.07, 6.45) is 11.7. The molecule has 0 aromatic carbocycles. The van der Waals surface area contributed by atoms with Crippen molar-refractivity contribution in [2.45, 2.75) is 64.3 Å². The fraction of sp³-hybridized carbons (Fsp3) is 1.00. The maximum atomic E-state index is 3.63. The lowest BCUT2D eigenvalue weighted by molar-refractivity contribution is 0.257. The van der Waals surface area contributed by atoms with Crippen molar-refractivity contribution in [3.05, 3.63) is 0 Å². The third-order valence-electron chi connectivity index (χ3n) is 4.11. The number of hydrogen-bond acceptors (Lipinski definition) is 1. The molecule has 0 spiro atoms. The Labute approximate surface area is 88.7 Å². The molecule has 0 aromatic rings. The predicted octanol–water partition coefficient (Wildman–Crippen LogP) is 3.34. The second kappa shape index (κ2) is 5.16. The van der Waals surface area contributed by atoms with Crippen molar-refractivity contribution in [2.24, 2.45) is 11.8 Å². The summed E-state index contributed by atoms with van der Waals surface area (Å²) in [7, 11) is 0. The van der Waals surface area contributed by atoms with E-state index in [4.69, 9.17) is 0 Å². The molecule has 0 unspecified atom stereocenters. The van der Waals surface area contributed by atoms with Crippen LogP contribution in [0, 0.1) is 11.8 Å². The zero-order valence-corrected chi connectivity index (χ0v) is 9.60. The molecule has 82 valence electrons. The number of hydrogen-bond donors (Lipinski definition) is 1. The van der Waals surface area contributed by atoms with Crippen LogP contribution in [-0.2, 0) is 0 Å². The first kappa shape index (κ1) is 10.5. The van der Waals surface area contributed by atoms with Crippen LogP contribution < -0.4 is 5.32 Å². The molecule has 0 aliphatic heterocycles. The Balaban J connectivity index is 1.53. The fourth-order valence-corrected chi connectivity index (χ4v) is 2.71. The van der Waals surface area contributed by atoms with Crippen LogP contribution in [0.1, 0.15) is 58.3 Å². The van der Waals surface area contributed by atoms with E-state index in [1.165, 1.54) is 57.9 Å². The highest BCUT2D eigenvalue weighted by atomic mass is 14.9. The van der Waals surface area contributed by atoms with Gasteiger partial charge in [0.15, 0.2) is 0 Å². The van der Waals surface area contributed by atoms with Gasteiger partial charge in [-0.05, 0) is 37.6 Å². The maximum absolute atomic E-state index is 3.63. The molecular weight excluding hydrogens is 170 g/mol. The Kier molecular flexibility index (Phi) is 3.86. The molecule has 1 nitrogen and oxygen atoms in total. The van der Waals surface area contributed by atoms with Gasteiger partial charge in [0.05, 0.1) is 0 Å². The Morgan fingerprint density at radius 3 is 2.14 bits per heavy atom. The minimum atomic E-state index is 0.905. The van der Waals surface area contributed by atoms with Crippen molar-refractivity contribution in [1.29, 1.82) is 0 Å². The van der Waals surface area contributed by atoms with Crippen molar-refractivity contribution >= 4 is 0 Å². The van der Waals surface area contributed by atoms with Gasteiger partial charge in [-0.2, -0.15) is 0 Å². The van der Waals surface area contributed by atoms with Gasteiger partial charge in [-0.15, -0.1) is 0 Å². The van der Waals surface area contributed by atoms with Gasteiger partial charge in [-0.25, -0.2) is 0 Å². The first-order valence-electron chi connectivity index (χ1n) is 6.62. The van der Waals surface area contributed by atoms with Crippen LogP contribution in [0.5, 0.6) is 0 Å². The second-order valence-electron chi connectivity index (χ2n) is 5.31. The van der Waals surface area contributed by atoms with Crippen molar-refractivity contribution < 1.29 is 0 Å². The Bertz CT molecular complexity index is 155. The molecule has 2 fully saturated rings. The third-order valence-corrected chi connectivity index (χ3v) is 4.11. The molecule has 0 aromatic heterocycles. The van der Waals surface area contributed by atoms with Crippen LogP contribution in [0.4, 0.5) is 0 Å². The second-order valence-corrected chi connectivity index (χ2v) is 5.31. The summed E-state index contributed by atoms with van der Waals surface area (Å²) in [6, 6.07) is 0.905. The van der Waals surface area contributed by atoms with Gasteiger partial charge in [0.1, 0.15) is 0 Å². The van der Waals surface area contributed by atoms with Crippen LogP contribution in [-0.4, -0.2) is 12.6 Å². The van der Waals surface area contributed by atoms with Gasteiger partial charge in [-0.3, -0.25) is 0 Å². The van der Waals surface area contributed by atoms with Gasteiger partial charge in [0.2, 0.25) is 0 Å². The van der Waals surface area contributed by atoms with Gasteiger partial charge in [0, 0.05) is 6.04 Å². The third kappa shape index (κ3) is 3.27. The highest BCUT2D eigenvalue weighted by Gasteiger charge is 2.22. The average molecular weight is 195 g/mol. The predicted molar refractivity (Wildman–Crippen MR) is 61.4 cm³/mol. The van der Waals surface area contributed by atoms with E-state index in [2.05, 4.69) is 12.2 Å². The first-order chi connectivity index (χ1) is 6.88. The van der Waals surface area contributed by atoms with Gasteiger partial charge < -0.3 is 5.32 Å². The molecule has 0 heterocycles. The lowest BCUT2D eigenvalue weighted by Gasteiger charge is -2.27. The molecule has 0 bridgehead atoms. The minimum absolute atomic E-state index is 0.905. The lowest BCUT2D eigenvalue weighted by atomic mass is 9.79. The summed E-state index contributed by atoms with van der Waals surface area (Å²) in [5, 5.41) is 3.63. The van der Waals surface area contributed by atoms with E-state index in [-0.39, 0.29) is 0 Å². The zero-order valence-electron chi connectivity index (χ0n) is 9.60. The minimum Gasteiger partial charge on any atom is -0.314 e. The summed E-state index contributed by atoms with van der Waals surface area (Å²) < 4.78 is 0. The van der Waals surface area contributed by atoms with Gasteiger partial charge in [-0.1, -0.05) is 39.0 Å². The van der Waals surface area contributed by atoms with Crippen LogP contribution in [0.2, 0.25) is 0 Å². The highest BCUT2D eigenvalue weighted by Crippen LogP contribution is 2.32. The molecular formula is C13H25N. The molecule has 0 saturated heterocycles. The van der Waals surface area contributed by atoms with E-state index >= 15 is 0 Å². The molecule has 1 N–H and O–H groups in total. The van der Waals surface area contributed by atoms with Crippen molar-refractivity contribution in [2.75, 3.05) is 6.54 Å². The molecule has 2 aliphatic rings. The summed E-state index contributed by atoms with van der Waals surface area (Å²) in [6.45, 7) is 3.63. The molecule has 1 heteroatoms. The van der Waals surface area contributed by atoms with E-state index in [1.807, 2.05) is 0 Å². The summed E-state index contributed by atoms with van der Waals surface area (Å²) >= 11 is 0. The van der Waals surface area contributed by atoms with Crippen LogP contribution in [0.15, 0.2) is 0 Å². The van der Waals surface area contributed by atoms with E-state index in [1.54, 1.807) is 0 Å². The van der Waals surface area contributed by atoms with Crippen LogP contribution in [0.25, 0.3) is 0 Å². The molecule has 2 rings (SSSR count). The Morgan fingerprint density at radius 1 is 0.929 bits per heavy atom. The van der Waals surface area contributed by atoms with Gasteiger partial charge in [0.25, 0.3) is 0 Å². The van der Waals surface area contributed by atoms with Crippen molar-refractivity contribution in [1.82, 2.24) is 5.32 Å². The lowest BCUT2D eigenvalue weighted by Crippen LogP contribution is -2.22. The standard InChI is InChI=1S/C13H25N/c1-2-11-3-5-12(6-4-11)9-10-14-13-7-8-13/h11-14H,2-10H2,1H3. The largest absolute Gasteiger partial charge is 0.314 e. The van der Waals surface area contributed by atoms with Crippen molar-refractivity contribution in [3.8, 4) is 0 Å². The molecule has 0 atom stereocenters. The van der Waals surface area contributed by atoms with E-state index < -0.39 is 0 Å². The zero-order chi connectivity index (χ0) is 9.80. The summed E-state index contributed by atoms with van der Waals surface area (Å²) in [5.74, 6) is 2.10. The number of nitrogens with one attached hydrogen (secondary N) is 1. The SMILES string of the molecule is CCC1CCC(CCNC2CC2)CC1. The average Bonchev–Trinajstić information content (AvgIpc) is 3.03. The summed E-state index contributed by atoms with van der Waals surface area (Å²) in [5.41, 5.74) is 0. The Morgan fingerprint density at radius 2 is 1.57 bits per heavy atom.